The van der Waals surface area contributed by atoms with Crippen LogP contribution in [0.1, 0.15) is 40.5 Å². The summed E-state index contributed by atoms with van der Waals surface area (Å²) in [5.41, 5.74) is 2.58. The van der Waals surface area contributed by atoms with Gasteiger partial charge in [0.25, 0.3) is 0 Å². The van der Waals surface area contributed by atoms with Crippen LogP contribution in [-0.4, -0.2) is 13.1 Å². The van der Waals surface area contributed by atoms with Crippen molar-refractivity contribution >= 4 is 0 Å². The minimum absolute atomic E-state index is 0.689. The highest BCUT2D eigenvalue weighted by Crippen LogP contribution is 2.14. The van der Waals surface area contributed by atoms with Crippen LogP contribution in [0.25, 0.3) is 0 Å². The highest BCUT2D eigenvalue weighted by molar-refractivity contribution is 5.30. The van der Waals surface area contributed by atoms with Gasteiger partial charge in [0.2, 0.25) is 0 Å². The van der Waals surface area contributed by atoms with Gasteiger partial charge in [-0.25, -0.2) is 0 Å². The van der Waals surface area contributed by atoms with Crippen molar-refractivity contribution in [2.75, 3.05) is 13.1 Å². The van der Waals surface area contributed by atoms with E-state index in [1.807, 2.05) is 0 Å². The Hall–Kier alpha value is -0.920. The Morgan fingerprint density at radius 3 is 1.56 bits per heavy atom. The first kappa shape index (κ1) is 13.1. The van der Waals surface area contributed by atoms with E-state index >= 15 is 0 Å². The number of allylic oxidation sites excluding steroid dienone is 2. The number of hydrogen-bond acceptors (Lipinski definition) is 2. The number of hydrogen-bond donors (Lipinski definition) is 2. The maximum Gasteiger partial charge on any atom is 0.0532 e. The molecular formula is C14H26N2. The number of rotatable bonds is 6. The average molecular weight is 222 g/mol. The smallest absolute Gasteiger partial charge is 0.0532 e. The van der Waals surface area contributed by atoms with Crippen LogP contribution in [0.4, 0.5) is 0 Å². The van der Waals surface area contributed by atoms with Crippen LogP contribution in [0.5, 0.6) is 0 Å². The molecule has 0 aliphatic heterocycles. The summed E-state index contributed by atoms with van der Waals surface area (Å²) in [6.07, 6.45) is 6.94. The van der Waals surface area contributed by atoms with Gasteiger partial charge in [-0.2, -0.15) is 0 Å². The highest BCUT2D eigenvalue weighted by atomic mass is 15.0. The zero-order valence-electron chi connectivity index (χ0n) is 11.1. The zero-order valence-corrected chi connectivity index (χ0v) is 11.1. The second-order valence-electron chi connectivity index (χ2n) is 5.36. The van der Waals surface area contributed by atoms with Crippen molar-refractivity contribution in [1.82, 2.24) is 10.6 Å². The third kappa shape index (κ3) is 4.73. The predicted octanol–water partition coefficient (Wildman–Crippen LogP) is 3.04. The van der Waals surface area contributed by atoms with E-state index in [-0.39, 0.29) is 0 Å². The van der Waals surface area contributed by atoms with Gasteiger partial charge in [-0.05, 0) is 24.7 Å². The van der Waals surface area contributed by atoms with Crippen molar-refractivity contribution in [2.45, 2.75) is 40.5 Å². The van der Waals surface area contributed by atoms with Crippen LogP contribution >= 0.6 is 0 Å². The third-order valence-electron chi connectivity index (χ3n) is 2.56. The Balaban J connectivity index is 2.46. The fourth-order valence-corrected chi connectivity index (χ4v) is 1.64. The Morgan fingerprint density at radius 2 is 1.25 bits per heavy atom. The lowest BCUT2D eigenvalue weighted by Gasteiger charge is -2.21. The van der Waals surface area contributed by atoms with Crippen LogP contribution < -0.4 is 10.6 Å². The van der Waals surface area contributed by atoms with Crippen LogP contribution in [0.3, 0.4) is 0 Å². The fraction of sp³-hybridized carbons (Fsp3) is 0.714. The Kier molecular flexibility index (Phi) is 5.44. The maximum atomic E-state index is 3.53. The van der Waals surface area contributed by atoms with Crippen molar-refractivity contribution < 1.29 is 0 Å². The molecule has 0 saturated carbocycles. The van der Waals surface area contributed by atoms with Crippen LogP contribution in [0.2, 0.25) is 0 Å². The number of nitrogens with one attached hydrogen (secondary N) is 2. The summed E-state index contributed by atoms with van der Waals surface area (Å²) in [6.45, 7) is 11.0. The van der Waals surface area contributed by atoms with E-state index in [2.05, 4.69) is 50.5 Å². The Morgan fingerprint density at radius 1 is 0.875 bits per heavy atom. The molecule has 0 spiro atoms. The monoisotopic (exact) mass is 222 g/mol. The lowest BCUT2D eigenvalue weighted by Crippen LogP contribution is -2.29. The molecule has 1 rings (SSSR count). The first-order valence-corrected chi connectivity index (χ1v) is 6.48. The van der Waals surface area contributed by atoms with Gasteiger partial charge in [0, 0.05) is 13.1 Å². The largest absolute Gasteiger partial charge is 0.383 e. The van der Waals surface area contributed by atoms with Crippen molar-refractivity contribution in [1.29, 1.82) is 0 Å². The van der Waals surface area contributed by atoms with Crippen molar-refractivity contribution in [3.05, 3.63) is 23.5 Å². The molecule has 2 N–H and O–H groups in total. The van der Waals surface area contributed by atoms with Gasteiger partial charge < -0.3 is 10.6 Å². The van der Waals surface area contributed by atoms with Crippen molar-refractivity contribution in [3.8, 4) is 0 Å². The van der Waals surface area contributed by atoms with Gasteiger partial charge in [0.1, 0.15) is 0 Å². The molecular weight excluding hydrogens is 196 g/mol. The minimum atomic E-state index is 0.689. The molecule has 0 aromatic rings. The van der Waals surface area contributed by atoms with Gasteiger partial charge in [-0.1, -0.05) is 39.8 Å². The molecule has 2 nitrogen and oxygen atoms in total. The van der Waals surface area contributed by atoms with Gasteiger partial charge in [-0.15, -0.1) is 0 Å². The second-order valence-corrected chi connectivity index (χ2v) is 5.36. The van der Waals surface area contributed by atoms with E-state index in [1.165, 1.54) is 11.4 Å². The van der Waals surface area contributed by atoms with Gasteiger partial charge in [-0.3, -0.25) is 0 Å². The van der Waals surface area contributed by atoms with Crippen LogP contribution in [0, 0.1) is 11.8 Å². The third-order valence-corrected chi connectivity index (χ3v) is 2.56. The van der Waals surface area contributed by atoms with Gasteiger partial charge >= 0.3 is 0 Å². The van der Waals surface area contributed by atoms with E-state index in [0.717, 1.165) is 25.9 Å². The molecule has 0 aromatic heterocycles. The molecule has 0 aromatic carbocycles. The zero-order chi connectivity index (χ0) is 12.0. The van der Waals surface area contributed by atoms with Gasteiger partial charge in [0.15, 0.2) is 0 Å². The topological polar surface area (TPSA) is 24.1 Å². The molecule has 0 atom stereocenters. The SMILES string of the molecule is CC(C)CNC1=CCCC=C1NCC(C)C. The second kappa shape index (κ2) is 6.62. The summed E-state index contributed by atoms with van der Waals surface area (Å²) in [6, 6.07) is 0. The highest BCUT2D eigenvalue weighted by Gasteiger charge is 2.09. The minimum Gasteiger partial charge on any atom is -0.383 e. The molecule has 16 heavy (non-hydrogen) atoms. The molecule has 1 aliphatic rings. The van der Waals surface area contributed by atoms with Crippen molar-refractivity contribution in [2.24, 2.45) is 11.8 Å². The molecule has 0 fully saturated rings. The summed E-state index contributed by atoms with van der Waals surface area (Å²) in [7, 11) is 0. The van der Waals surface area contributed by atoms with E-state index < -0.39 is 0 Å². The summed E-state index contributed by atoms with van der Waals surface area (Å²) in [5, 5.41) is 7.05. The lowest BCUT2D eigenvalue weighted by molar-refractivity contribution is 0.567. The van der Waals surface area contributed by atoms with E-state index in [4.69, 9.17) is 0 Å². The summed E-state index contributed by atoms with van der Waals surface area (Å²) in [4.78, 5) is 0. The maximum absolute atomic E-state index is 3.53. The molecule has 0 heterocycles. The predicted molar refractivity (Wildman–Crippen MR) is 71.1 cm³/mol. The van der Waals surface area contributed by atoms with E-state index in [1.54, 1.807) is 0 Å². The molecule has 0 radical (unpaired) electrons. The fourth-order valence-electron chi connectivity index (χ4n) is 1.64. The summed E-state index contributed by atoms with van der Waals surface area (Å²) in [5.74, 6) is 1.38. The Bertz CT molecular complexity index is 234. The molecule has 0 bridgehead atoms. The molecule has 2 heteroatoms. The normalized spacial score (nSPS) is 16.1. The molecule has 1 aliphatic carbocycles. The molecule has 0 saturated heterocycles. The van der Waals surface area contributed by atoms with Crippen LogP contribution in [0.15, 0.2) is 23.5 Å². The molecule has 0 amide bonds. The summed E-state index contributed by atoms with van der Waals surface area (Å²) >= 11 is 0. The van der Waals surface area contributed by atoms with Crippen LogP contribution in [-0.2, 0) is 0 Å². The summed E-state index contributed by atoms with van der Waals surface area (Å²) < 4.78 is 0. The quantitative estimate of drug-likeness (QED) is 0.722. The average Bonchev–Trinajstić information content (AvgIpc) is 2.24. The van der Waals surface area contributed by atoms with Gasteiger partial charge in [0.05, 0.1) is 11.4 Å². The lowest BCUT2D eigenvalue weighted by atomic mass is 10.1. The first-order chi connectivity index (χ1) is 7.59. The van der Waals surface area contributed by atoms with E-state index in [0.29, 0.717) is 11.8 Å². The molecule has 92 valence electrons. The first-order valence-electron chi connectivity index (χ1n) is 6.48. The standard InChI is InChI=1S/C14H26N2/c1-11(2)9-15-13-7-5-6-8-14(13)16-10-12(3)4/h7-8,11-12,15-16H,5-6,9-10H2,1-4H3. The van der Waals surface area contributed by atoms with Crippen molar-refractivity contribution in [3.63, 3.8) is 0 Å². The Labute approximate surface area is 100 Å². The van der Waals surface area contributed by atoms with E-state index in [9.17, 15) is 0 Å². The molecule has 0 unspecified atom stereocenters.